The van der Waals surface area contributed by atoms with Gasteiger partial charge in [0, 0.05) is 13.1 Å². The second kappa shape index (κ2) is 5.34. The smallest absolute Gasteiger partial charge is 0.244 e. The Morgan fingerprint density at radius 2 is 2.15 bits per heavy atom. The highest BCUT2D eigenvalue weighted by atomic mass is 35.5. The van der Waals surface area contributed by atoms with Crippen molar-refractivity contribution in [2.24, 2.45) is 0 Å². The van der Waals surface area contributed by atoms with Gasteiger partial charge in [-0.25, -0.2) is 8.42 Å². The van der Waals surface area contributed by atoms with Gasteiger partial charge in [-0.05, 0) is 24.6 Å². The van der Waals surface area contributed by atoms with Crippen LogP contribution in [0.3, 0.4) is 0 Å². The maximum absolute atomic E-state index is 12.4. The van der Waals surface area contributed by atoms with Crippen molar-refractivity contribution in [2.45, 2.75) is 30.3 Å². The summed E-state index contributed by atoms with van der Waals surface area (Å²) in [5, 5.41) is 18.8. The minimum absolute atomic E-state index is 0.0231. The molecule has 0 unspecified atom stereocenters. The highest BCUT2D eigenvalue weighted by Gasteiger charge is 2.46. The van der Waals surface area contributed by atoms with E-state index in [4.69, 9.17) is 16.9 Å². The molecule has 0 amide bonds. The van der Waals surface area contributed by atoms with E-state index < -0.39 is 15.6 Å². The highest BCUT2D eigenvalue weighted by molar-refractivity contribution is 7.89. The van der Waals surface area contributed by atoms with Crippen molar-refractivity contribution in [1.82, 2.24) is 4.31 Å². The van der Waals surface area contributed by atoms with Gasteiger partial charge < -0.3 is 5.11 Å². The third-order valence-electron chi connectivity index (χ3n) is 3.34. The van der Waals surface area contributed by atoms with Gasteiger partial charge in [-0.1, -0.05) is 24.9 Å². The van der Waals surface area contributed by atoms with Gasteiger partial charge in [-0.2, -0.15) is 9.57 Å². The van der Waals surface area contributed by atoms with Crippen LogP contribution in [0.5, 0.6) is 0 Å². The lowest BCUT2D eigenvalue weighted by Crippen LogP contribution is -2.63. The van der Waals surface area contributed by atoms with Gasteiger partial charge in [-0.3, -0.25) is 0 Å². The number of β-amino-alcohol motifs (C(OH)–C–C–N with tert-alkyl or cyclic N) is 1. The minimum atomic E-state index is -3.72. The summed E-state index contributed by atoms with van der Waals surface area (Å²) in [6.07, 6.45) is 1.36. The lowest BCUT2D eigenvalue weighted by molar-refractivity contribution is -0.0653. The van der Waals surface area contributed by atoms with E-state index in [1.54, 1.807) is 0 Å². The van der Waals surface area contributed by atoms with Crippen LogP contribution in [0.15, 0.2) is 23.1 Å². The maximum atomic E-state index is 12.4. The Bertz CT molecular complexity index is 661. The molecule has 0 saturated carbocycles. The summed E-state index contributed by atoms with van der Waals surface area (Å²) in [5.41, 5.74) is -0.624. The molecule has 1 aromatic carbocycles. The van der Waals surface area contributed by atoms with Crippen molar-refractivity contribution < 1.29 is 13.5 Å². The molecular weight excluding hydrogens is 300 g/mol. The summed E-state index contributed by atoms with van der Waals surface area (Å²) in [5.74, 6) is 0. The van der Waals surface area contributed by atoms with Crippen LogP contribution >= 0.6 is 11.6 Å². The van der Waals surface area contributed by atoms with Gasteiger partial charge >= 0.3 is 0 Å². The molecule has 1 fully saturated rings. The predicted octanol–water partition coefficient (Wildman–Crippen LogP) is 1.75. The third-order valence-corrected chi connectivity index (χ3v) is 5.61. The van der Waals surface area contributed by atoms with Crippen molar-refractivity contribution in [3.63, 3.8) is 0 Å². The van der Waals surface area contributed by atoms with E-state index in [9.17, 15) is 13.5 Å². The second-order valence-corrected chi connectivity index (χ2v) is 7.32. The van der Waals surface area contributed by atoms with Crippen LogP contribution in [-0.2, 0) is 10.0 Å². The molecule has 1 aliphatic heterocycles. The summed E-state index contributed by atoms with van der Waals surface area (Å²) < 4.78 is 26.0. The molecule has 0 radical (unpaired) electrons. The molecule has 20 heavy (non-hydrogen) atoms. The number of benzene rings is 1. The lowest BCUT2D eigenvalue weighted by Gasteiger charge is -2.45. The van der Waals surface area contributed by atoms with Crippen LogP contribution < -0.4 is 0 Å². The molecule has 0 aliphatic carbocycles. The fourth-order valence-electron chi connectivity index (χ4n) is 2.32. The third kappa shape index (κ3) is 2.67. The van der Waals surface area contributed by atoms with Gasteiger partial charge in [0.1, 0.15) is 4.90 Å². The zero-order valence-electron chi connectivity index (χ0n) is 11.0. The van der Waals surface area contributed by atoms with Crippen LogP contribution in [0.25, 0.3) is 0 Å². The molecular formula is C13H15ClN2O3S. The SMILES string of the molecule is CCCC1(O)CN(S(=O)(=O)c2ccc(C#N)cc2Cl)C1. The predicted molar refractivity (Wildman–Crippen MR) is 74.8 cm³/mol. The van der Waals surface area contributed by atoms with Crippen LogP contribution in [0.2, 0.25) is 5.02 Å². The Labute approximate surface area is 123 Å². The zero-order chi connectivity index (χ0) is 15.0. The molecule has 1 saturated heterocycles. The minimum Gasteiger partial charge on any atom is -0.387 e. The molecule has 1 N–H and O–H groups in total. The van der Waals surface area contributed by atoms with Crippen LogP contribution in [-0.4, -0.2) is 36.5 Å². The first kappa shape index (κ1) is 15.3. The number of nitriles is 1. The molecule has 108 valence electrons. The molecule has 7 heteroatoms. The molecule has 1 aliphatic rings. The largest absolute Gasteiger partial charge is 0.387 e. The highest BCUT2D eigenvalue weighted by Crippen LogP contribution is 2.33. The van der Waals surface area contributed by atoms with Crippen molar-refractivity contribution in [3.8, 4) is 6.07 Å². The van der Waals surface area contributed by atoms with Crippen molar-refractivity contribution >= 4 is 21.6 Å². The Kier molecular flexibility index (Phi) is 4.07. The monoisotopic (exact) mass is 314 g/mol. The fourth-order valence-corrected chi connectivity index (χ4v) is 4.44. The number of rotatable bonds is 4. The Morgan fingerprint density at radius 3 is 2.65 bits per heavy atom. The van der Waals surface area contributed by atoms with Gasteiger partial charge in [-0.15, -0.1) is 0 Å². The van der Waals surface area contributed by atoms with Gasteiger partial charge in [0.25, 0.3) is 0 Å². The molecule has 1 heterocycles. The van der Waals surface area contributed by atoms with Gasteiger partial charge in [0.2, 0.25) is 10.0 Å². The summed E-state index contributed by atoms with van der Waals surface area (Å²) in [7, 11) is -3.72. The Morgan fingerprint density at radius 1 is 1.50 bits per heavy atom. The first-order valence-corrected chi connectivity index (χ1v) is 8.06. The van der Waals surface area contributed by atoms with Gasteiger partial charge in [0.15, 0.2) is 0 Å². The first-order chi connectivity index (χ1) is 9.32. The van der Waals surface area contributed by atoms with Crippen molar-refractivity contribution in [3.05, 3.63) is 28.8 Å². The summed E-state index contributed by atoms with van der Waals surface area (Å²) >= 11 is 5.93. The van der Waals surface area contributed by atoms with E-state index >= 15 is 0 Å². The number of sulfonamides is 1. The van der Waals surface area contributed by atoms with Crippen LogP contribution in [0.1, 0.15) is 25.3 Å². The zero-order valence-corrected chi connectivity index (χ0v) is 12.6. The molecule has 2 rings (SSSR count). The Balaban J connectivity index is 2.23. The molecule has 0 bridgehead atoms. The number of halogens is 1. The van der Waals surface area contributed by atoms with Crippen LogP contribution in [0.4, 0.5) is 0 Å². The molecule has 0 aromatic heterocycles. The second-order valence-electron chi connectivity index (χ2n) is 5.00. The molecule has 5 nitrogen and oxygen atoms in total. The number of aliphatic hydroxyl groups is 1. The van der Waals surface area contributed by atoms with E-state index in [0.717, 1.165) is 6.42 Å². The Hall–Kier alpha value is -1.13. The summed E-state index contributed by atoms with van der Waals surface area (Å²) in [4.78, 5) is -0.0308. The standard InChI is InChI=1S/C13H15ClN2O3S/c1-2-5-13(17)8-16(9-13)20(18,19)12-4-3-10(7-15)6-11(12)14/h3-4,6,17H,2,5,8-9H2,1H3. The molecule has 0 atom stereocenters. The van der Waals surface area contributed by atoms with E-state index in [1.165, 1.54) is 22.5 Å². The fraction of sp³-hybridized carbons (Fsp3) is 0.462. The topological polar surface area (TPSA) is 81.4 Å². The van der Waals surface area contributed by atoms with Crippen molar-refractivity contribution in [1.29, 1.82) is 5.26 Å². The molecule has 0 spiro atoms. The lowest BCUT2D eigenvalue weighted by atomic mass is 9.92. The average molecular weight is 315 g/mol. The van der Waals surface area contributed by atoms with E-state index in [2.05, 4.69) is 0 Å². The van der Waals surface area contributed by atoms with E-state index in [1.807, 2.05) is 13.0 Å². The van der Waals surface area contributed by atoms with Gasteiger partial charge in [0.05, 0.1) is 22.3 Å². The maximum Gasteiger partial charge on any atom is 0.244 e. The number of hydrogen-bond donors (Lipinski definition) is 1. The van der Waals surface area contributed by atoms with Crippen molar-refractivity contribution in [2.75, 3.05) is 13.1 Å². The average Bonchev–Trinajstić information content (AvgIpc) is 2.35. The van der Waals surface area contributed by atoms with E-state index in [0.29, 0.717) is 12.0 Å². The normalized spacial score (nSPS) is 18.3. The number of hydrogen-bond acceptors (Lipinski definition) is 4. The summed E-state index contributed by atoms with van der Waals surface area (Å²) in [6.45, 7) is 2.10. The number of nitrogens with zero attached hydrogens (tertiary/aromatic N) is 2. The van der Waals surface area contributed by atoms with Crippen LogP contribution in [0, 0.1) is 11.3 Å². The summed E-state index contributed by atoms with van der Waals surface area (Å²) in [6, 6.07) is 5.97. The quantitative estimate of drug-likeness (QED) is 0.918. The molecule has 1 aromatic rings. The van der Waals surface area contributed by atoms with E-state index in [-0.39, 0.29) is 23.0 Å². The first-order valence-electron chi connectivity index (χ1n) is 6.24.